The number of amides is 1. The smallest absolute Gasteiger partial charge is 0.275 e. The highest BCUT2D eigenvalue weighted by atomic mass is 32.1. The summed E-state index contributed by atoms with van der Waals surface area (Å²) in [6.45, 7) is 1.84. The second kappa shape index (κ2) is 7.89. The van der Waals surface area contributed by atoms with Crippen LogP contribution in [0, 0.1) is 12.7 Å². The van der Waals surface area contributed by atoms with Gasteiger partial charge < -0.3 is 9.73 Å². The quantitative estimate of drug-likeness (QED) is 0.421. The molecule has 0 atom stereocenters. The lowest BCUT2D eigenvalue weighted by molar-refractivity contribution is 0.101. The number of nitrogens with one attached hydrogen (secondary N) is 1. The Morgan fingerprint density at radius 3 is 2.69 bits per heavy atom. The number of nitrogens with zero attached hydrogens (tertiary/aromatic N) is 5. The van der Waals surface area contributed by atoms with E-state index in [1.165, 1.54) is 28.2 Å². The van der Waals surface area contributed by atoms with E-state index in [0.717, 1.165) is 11.3 Å². The second-order valence-corrected chi connectivity index (χ2v) is 7.91. The predicted octanol–water partition coefficient (Wildman–Crippen LogP) is 4.69. The Kier molecular flexibility index (Phi) is 4.91. The second-order valence-electron chi connectivity index (χ2n) is 7.07. The number of anilines is 1. The molecule has 0 radical (unpaired) electrons. The van der Waals surface area contributed by atoms with Crippen molar-refractivity contribution in [2.45, 2.75) is 6.92 Å². The first kappa shape index (κ1) is 19.9. The highest BCUT2D eigenvalue weighted by Gasteiger charge is 2.19. The summed E-state index contributed by atoms with van der Waals surface area (Å²) in [5.74, 6) is 0.462. The molecule has 0 aliphatic carbocycles. The Morgan fingerprint density at radius 1 is 1.12 bits per heavy atom. The van der Waals surface area contributed by atoms with Gasteiger partial charge in [-0.3, -0.25) is 9.48 Å². The van der Waals surface area contributed by atoms with Crippen LogP contribution in [0.4, 0.5) is 10.2 Å². The Morgan fingerprint density at radius 2 is 1.94 bits per heavy atom. The van der Waals surface area contributed by atoms with Gasteiger partial charge in [-0.1, -0.05) is 0 Å². The van der Waals surface area contributed by atoms with Crippen molar-refractivity contribution < 1.29 is 13.6 Å². The number of aryl methyl sites for hydroxylation is 2. The van der Waals surface area contributed by atoms with Crippen LogP contribution in [-0.2, 0) is 7.05 Å². The zero-order valence-corrected chi connectivity index (χ0v) is 17.9. The first-order chi connectivity index (χ1) is 15.5. The van der Waals surface area contributed by atoms with Crippen LogP contribution in [0.2, 0.25) is 0 Å². The molecule has 1 aromatic carbocycles. The highest BCUT2D eigenvalue weighted by molar-refractivity contribution is 7.12. The minimum Gasteiger partial charge on any atom is -0.463 e. The molecular formula is C22H17FN6O2S. The zero-order valence-electron chi connectivity index (χ0n) is 17.1. The van der Waals surface area contributed by atoms with Crippen LogP contribution < -0.4 is 5.32 Å². The summed E-state index contributed by atoms with van der Waals surface area (Å²) < 4.78 is 21.7. The van der Waals surface area contributed by atoms with Crippen molar-refractivity contribution >= 4 is 23.1 Å². The van der Waals surface area contributed by atoms with Crippen molar-refractivity contribution in [3.8, 4) is 27.8 Å². The molecule has 5 rings (SSSR count). The van der Waals surface area contributed by atoms with E-state index in [-0.39, 0.29) is 11.7 Å². The van der Waals surface area contributed by atoms with E-state index in [1.54, 1.807) is 48.3 Å². The van der Waals surface area contributed by atoms with E-state index >= 15 is 0 Å². The van der Waals surface area contributed by atoms with Gasteiger partial charge in [0.1, 0.15) is 23.0 Å². The van der Waals surface area contributed by atoms with Crippen molar-refractivity contribution in [1.82, 2.24) is 24.5 Å². The van der Waals surface area contributed by atoms with E-state index in [2.05, 4.69) is 20.5 Å². The van der Waals surface area contributed by atoms with E-state index in [4.69, 9.17) is 4.42 Å². The molecule has 10 heteroatoms. The molecule has 0 unspecified atom stereocenters. The normalized spacial score (nSPS) is 11.1. The van der Waals surface area contributed by atoms with Crippen molar-refractivity contribution in [2.24, 2.45) is 7.05 Å². The summed E-state index contributed by atoms with van der Waals surface area (Å²) in [6, 6.07) is 13.0. The molecule has 0 bridgehead atoms. The number of hydrogen-bond acceptors (Lipinski definition) is 6. The largest absolute Gasteiger partial charge is 0.463 e. The average molecular weight is 448 g/mol. The van der Waals surface area contributed by atoms with Gasteiger partial charge in [0.25, 0.3) is 5.91 Å². The fourth-order valence-electron chi connectivity index (χ4n) is 3.26. The third kappa shape index (κ3) is 3.71. The van der Waals surface area contributed by atoms with Crippen LogP contribution in [-0.4, -0.2) is 30.5 Å². The Labute approximate surface area is 186 Å². The van der Waals surface area contributed by atoms with Gasteiger partial charge in [0.2, 0.25) is 5.13 Å². The molecule has 1 N–H and O–H groups in total. The van der Waals surface area contributed by atoms with Crippen molar-refractivity contribution in [1.29, 1.82) is 0 Å². The van der Waals surface area contributed by atoms with Gasteiger partial charge in [-0.25, -0.2) is 9.37 Å². The number of furan rings is 1. The summed E-state index contributed by atoms with van der Waals surface area (Å²) in [5.41, 5.74) is 3.06. The van der Waals surface area contributed by atoms with Gasteiger partial charge >= 0.3 is 0 Å². The molecule has 160 valence electrons. The van der Waals surface area contributed by atoms with Crippen molar-refractivity contribution in [2.75, 3.05) is 5.32 Å². The van der Waals surface area contributed by atoms with Crippen LogP contribution in [0.3, 0.4) is 0 Å². The maximum absolute atomic E-state index is 13.2. The molecule has 4 heterocycles. The van der Waals surface area contributed by atoms with Gasteiger partial charge in [0.15, 0.2) is 5.76 Å². The molecule has 0 saturated carbocycles. The summed E-state index contributed by atoms with van der Waals surface area (Å²) >= 11 is 1.39. The summed E-state index contributed by atoms with van der Waals surface area (Å²) in [5, 5.41) is 14.2. The number of rotatable bonds is 5. The molecule has 5 aromatic rings. The Hall–Kier alpha value is -4.05. The average Bonchev–Trinajstić information content (AvgIpc) is 3.55. The van der Waals surface area contributed by atoms with Gasteiger partial charge in [-0.2, -0.15) is 14.9 Å². The predicted molar refractivity (Wildman–Crippen MR) is 118 cm³/mol. The maximum Gasteiger partial charge on any atom is 0.275 e. The van der Waals surface area contributed by atoms with Gasteiger partial charge in [0.05, 0.1) is 17.7 Å². The molecule has 8 nitrogen and oxygen atoms in total. The molecule has 0 aliphatic heterocycles. The molecule has 32 heavy (non-hydrogen) atoms. The third-order valence-electron chi connectivity index (χ3n) is 4.77. The lowest BCUT2D eigenvalue weighted by Gasteiger charge is -2.06. The van der Waals surface area contributed by atoms with E-state index in [9.17, 15) is 9.18 Å². The molecular weight excluding hydrogens is 431 g/mol. The summed E-state index contributed by atoms with van der Waals surface area (Å²) in [7, 11) is 1.68. The Balaban J connectivity index is 1.42. The standard InChI is InChI=1S/C22H17FN6O2S/c1-13-10-20(29(26-13)22-24-17(12-32-22)19-4-3-9-31-19)25-21(30)18-11-16(27-28(18)2)14-5-7-15(23)8-6-14/h3-12H,1-2H3,(H,25,30). The minimum atomic E-state index is -0.350. The fraction of sp³-hybridized carbons (Fsp3) is 0.0909. The first-order valence-corrected chi connectivity index (χ1v) is 10.5. The van der Waals surface area contributed by atoms with Crippen LogP contribution in [0.15, 0.2) is 64.6 Å². The molecule has 1 amide bonds. The molecule has 0 fully saturated rings. The van der Waals surface area contributed by atoms with Crippen LogP contribution in [0.1, 0.15) is 16.2 Å². The number of benzene rings is 1. The monoisotopic (exact) mass is 448 g/mol. The first-order valence-electron chi connectivity index (χ1n) is 9.66. The number of hydrogen-bond donors (Lipinski definition) is 1. The van der Waals surface area contributed by atoms with Crippen LogP contribution in [0.25, 0.3) is 27.8 Å². The van der Waals surface area contributed by atoms with E-state index in [1.807, 2.05) is 18.4 Å². The van der Waals surface area contributed by atoms with Crippen molar-refractivity contribution in [3.63, 3.8) is 0 Å². The van der Waals surface area contributed by atoms with E-state index < -0.39 is 0 Å². The molecule has 0 aliphatic rings. The SMILES string of the molecule is Cc1cc(NC(=O)c2cc(-c3ccc(F)cc3)nn2C)n(-c2nc(-c3ccco3)cs2)n1. The van der Waals surface area contributed by atoms with Gasteiger partial charge in [0, 0.05) is 24.1 Å². The van der Waals surface area contributed by atoms with Gasteiger partial charge in [-0.05, 0) is 49.4 Å². The number of thiazole rings is 1. The molecule has 0 spiro atoms. The number of carbonyl (C=O) groups is 1. The zero-order chi connectivity index (χ0) is 22.2. The lowest BCUT2D eigenvalue weighted by Crippen LogP contribution is -2.18. The lowest BCUT2D eigenvalue weighted by atomic mass is 10.1. The van der Waals surface area contributed by atoms with Crippen molar-refractivity contribution in [3.05, 3.63) is 77.4 Å². The third-order valence-corrected chi connectivity index (χ3v) is 5.59. The summed E-state index contributed by atoms with van der Waals surface area (Å²) in [6.07, 6.45) is 1.59. The van der Waals surface area contributed by atoms with Crippen LogP contribution >= 0.6 is 11.3 Å². The van der Waals surface area contributed by atoms with E-state index in [0.29, 0.717) is 33.8 Å². The summed E-state index contributed by atoms with van der Waals surface area (Å²) in [4.78, 5) is 17.6. The highest BCUT2D eigenvalue weighted by Crippen LogP contribution is 2.27. The van der Waals surface area contributed by atoms with Crippen LogP contribution in [0.5, 0.6) is 0 Å². The number of halogens is 1. The number of carbonyl (C=O) groups excluding carboxylic acids is 1. The molecule has 0 saturated heterocycles. The maximum atomic E-state index is 13.2. The topological polar surface area (TPSA) is 90.8 Å². The minimum absolute atomic E-state index is 0.330. The fourth-order valence-corrected chi connectivity index (χ4v) is 4.03. The molecule has 4 aromatic heterocycles. The van der Waals surface area contributed by atoms with Gasteiger partial charge in [-0.15, -0.1) is 11.3 Å². The number of aromatic nitrogens is 5. The Bertz CT molecular complexity index is 1400.